The van der Waals surface area contributed by atoms with E-state index in [0.717, 1.165) is 21.6 Å². The smallest absolute Gasteiger partial charge is 0.242 e. The van der Waals surface area contributed by atoms with E-state index in [-0.39, 0.29) is 11.8 Å². The van der Waals surface area contributed by atoms with Crippen molar-refractivity contribution in [2.45, 2.75) is 37.2 Å². The number of thioether (sulfide) groups is 1. The van der Waals surface area contributed by atoms with Gasteiger partial charge in [-0.3, -0.25) is 9.59 Å². The van der Waals surface area contributed by atoms with Crippen LogP contribution in [0, 0.1) is 6.92 Å². The number of rotatable bonds is 10. The van der Waals surface area contributed by atoms with E-state index < -0.39 is 6.04 Å². The number of carbonyl (C=O) groups excluding carboxylic acids is 2. The predicted molar refractivity (Wildman–Crippen MR) is 137 cm³/mol. The molecule has 0 aliphatic heterocycles. The summed E-state index contributed by atoms with van der Waals surface area (Å²) < 4.78 is 0. The molecule has 33 heavy (non-hydrogen) atoms. The van der Waals surface area contributed by atoms with Crippen LogP contribution in [0.2, 0.25) is 5.02 Å². The fourth-order valence-corrected chi connectivity index (χ4v) is 4.63. The second-order valence-corrected chi connectivity index (χ2v) is 9.49. The van der Waals surface area contributed by atoms with E-state index in [1.54, 1.807) is 23.7 Å². The molecule has 172 valence electrons. The Labute approximate surface area is 205 Å². The average molecular weight is 481 g/mol. The lowest BCUT2D eigenvalue weighted by Crippen LogP contribution is -2.49. The number of nitrogens with one attached hydrogen (secondary N) is 1. The first-order chi connectivity index (χ1) is 16.0. The number of nitrogens with zero attached hydrogens (tertiary/aromatic N) is 1. The van der Waals surface area contributed by atoms with Crippen LogP contribution in [-0.2, 0) is 22.6 Å². The fourth-order valence-electron chi connectivity index (χ4n) is 3.66. The van der Waals surface area contributed by atoms with Gasteiger partial charge in [0, 0.05) is 42.1 Å². The molecule has 0 bridgehead atoms. The molecule has 3 aromatic rings. The molecule has 0 spiro atoms. The van der Waals surface area contributed by atoms with Crippen molar-refractivity contribution in [2.75, 3.05) is 12.8 Å². The minimum absolute atomic E-state index is 0.0394. The molecule has 0 radical (unpaired) electrons. The topological polar surface area (TPSA) is 49.4 Å². The summed E-state index contributed by atoms with van der Waals surface area (Å²) in [6.07, 6.45) is 0.795. The third-order valence-corrected chi connectivity index (χ3v) is 6.62. The first-order valence-electron chi connectivity index (χ1n) is 10.9. The van der Waals surface area contributed by atoms with Crippen LogP contribution < -0.4 is 5.32 Å². The molecule has 0 saturated heterocycles. The molecule has 0 aromatic heterocycles. The van der Waals surface area contributed by atoms with Gasteiger partial charge >= 0.3 is 0 Å². The van der Waals surface area contributed by atoms with Crippen molar-refractivity contribution < 1.29 is 9.59 Å². The lowest BCUT2D eigenvalue weighted by molar-refractivity contribution is -0.140. The maximum Gasteiger partial charge on any atom is 0.242 e. The summed E-state index contributed by atoms with van der Waals surface area (Å²) >= 11 is 7.57. The SMILES string of the molecule is CNC(=O)C(Cc1ccccc1)N(Cc1cccc(C)c1)C(=O)CCSc1ccc(Cl)cc1. The van der Waals surface area contributed by atoms with Gasteiger partial charge in [0.15, 0.2) is 0 Å². The molecule has 1 unspecified atom stereocenters. The molecular weight excluding hydrogens is 452 g/mol. The number of aryl methyl sites for hydroxylation is 1. The minimum atomic E-state index is -0.592. The summed E-state index contributed by atoms with van der Waals surface area (Å²) in [4.78, 5) is 29.1. The van der Waals surface area contributed by atoms with Gasteiger partial charge in [-0.25, -0.2) is 0 Å². The van der Waals surface area contributed by atoms with Gasteiger partial charge in [0.25, 0.3) is 0 Å². The molecule has 1 atom stereocenters. The van der Waals surface area contributed by atoms with Gasteiger partial charge in [0.1, 0.15) is 6.04 Å². The Morgan fingerprint density at radius 1 is 0.970 bits per heavy atom. The Morgan fingerprint density at radius 2 is 1.67 bits per heavy atom. The van der Waals surface area contributed by atoms with Gasteiger partial charge in [-0.1, -0.05) is 71.8 Å². The van der Waals surface area contributed by atoms with Gasteiger partial charge in [-0.15, -0.1) is 11.8 Å². The van der Waals surface area contributed by atoms with Gasteiger partial charge in [0.05, 0.1) is 0 Å². The van der Waals surface area contributed by atoms with Crippen LogP contribution in [0.5, 0.6) is 0 Å². The van der Waals surface area contributed by atoms with Crippen molar-refractivity contribution in [3.05, 3.63) is 101 Å². The number of hydrogen-bond donors (Lipinski definition) is 1. The largest absolute Gasteiger partial charge is 0.357 e. The highest BCUT2D eigenvalue weighted by atomic mass is 35.5. The molecule has 0 aliphatic rings. The number of benzene rings is 3. The zero-order valence-electron chi connectivity index (χ0n) is 19.0. The summed E-state index contributed by atoms with van der Waals surface area (Å²) in [5.74, 6) is 0.420. The summed E-state index contributed by atoms with van der Waals surface area (Å²) in [6.45, 7) is 2.41. The fraction of sp³-hybridized carbons (Fsp3) is 0.259. The van der Waals surface area contributed by atoms with Crippen molar-refractivity contribution in [1.29, 1.82) is 0 Å². The molecule has 3 aromatic carbocycles. The van der Waals surface area contributed by atoms with E-state index >= 15 is 0 Å². The normalized spacial score (nSPS) is 11.6. The standard InChI is InChI=1S/C27H29ClN2O2S/c1-20-7-6-10-22(17-20)19-30(25(27(32)29-2)18-21-8-4-3-5-9-21)26(31)15-16-33-24-13-11-23(28)12-14-24/h3-14,17,25H,15-16,18-19H2,1-2H3,(H,29,32). The maximum absolute atomic E-state index is 13.4. The molecule has 0 heterocycles. The molecule has 0 fully saturated rings. The minimum Gasteiger partial charge on any atom is -0.357 e. The van der Waals surface area contributed by atoms with Crippen molar-refractivity contribution in [1.82, 2.24) is 10.2 Å². The van der Waals surface area contributed by atoms with Crippen LogP contribution in [0.3, 0.4) is 0 Å². The lowest BCUT2D eigenvalue weighted by atomic mass is 10.0. The third-order valence-electron chi connectivity index (χ3n) is 5.35. The second kappa shape index (κ2) is 12.5. The molecule has 0 aliphatic carbocycles. The Hall–Kier alpha value is -2.76. The monoisotopic (exact) mass is 480 g/mol. The van der Waals surface area contributed by atoms with E-state index in [9.17, 15) is 9.59 Å². The zero-order chi connectivity index (χ0) is 23.6. The van der Waals surface area contributed by atoms with Gasteiger partial charge in [-0.05, 0) is 42.3 Å². The van der Waals surface area contributed by atoms with E-state index in [0.29, 0.717) is 30.2 Å². The van der Waals surface area contributed by atoms with Crippen LogP contribution in [0.4, 0.5) is 0 Å². The quantitative estimate of drug-likeness (QED) is 0.389. The van der Waals surface area contributed by atoms with Crippen molar-refractivity contribution in [3.63, 3.8) is 0 Å². The number of hydrogen-bond acceptors (Lipinski definition) is 3. The number of halogens is 1. The van der Waals surface area contributed by atoms with E-state index in [1.165, 1.54) is 0 Å². The lowest BCUT2D eigenvalue weighted by Gasteiger charge is -2.31. The van der Waals surface area contributed by atoms with Crippen LogP contribution in [-0.4, -0.2) is 35.6 Å². The Balaban J connectivity index is 1.80. The molecule has 4 nitrogen and oxygen atoms in total. The van der Waals surface area contributed by atoms with Crippen molar-refractivity contribution >= 4 is 35.2 Å². The Bertz CT molecular complexity index is 1060. The molecule has 1 N–H and O–H groups in total. The molecule has 6 heteroatoms. The number of likely N-dealkylation sites (N-methyl/N-ethyl adjacent to an activating group) is 1. The van der Waals surface area contributed by atoms with Crippen molar-refractivity contribution in [3.8, 4) is 0 Å². The Morgan fingerprint density at radius 3 is 2.33 bits per heavy atom. The molecule has 2 amide bonds. The molecule has 0 saturated carbocycles. The summed E-state index contributed by atoms with van der Waals surface area (Å²) in [7, 11) is 1.62. The van der Waals surface area contributed by atoms with Crippen LogP contribution in [0.1, 0.15) is 23.1 Å². The van der Waals surface area contributed by atoms with Crippen molar-refractivity contribution in [2.24, 2.45) is 0 Å². The number of carbonyl (C=O) groups is 2. The first kappa shape index (κ1) is 24.9. The van der Waals surface area contributed by atoms with Crippen LogP contribution in [0.15, 0.2) is 83.8 Å². The van der Waals surface area contributed by atoms with Gasteiger partial charge in [0.2, 0.25) is 11.8 Å². The van der Waals surface area contributed by atoms with E-state index in [2.05, 4.69) is 11.4 Å². The Kier molecular flexibility index (Phi) is 9.40. The highest BCUT2D eigenvalue weighted by Crippen LogP contribution is 2.22. The summed E-state index contributed by atoms with van der Waals surface area (Å²) in [5.41, 5.74) is 3.15. The predicted octanol–water partition coefficient (Wildman–Crippen LogP) is 5.52. The van der Waals surface area contributed by atoms with Gasteiger partial charge in [-0.2, -0.15) is 0 Å². The molecular formula is C27H29ClN2O2S. The summed E-state index contributed by atoms with van der Waals surface area (Å²) in [5, 5.41) is 3.44. The maximum atomic E-state index is 13.4. The van der Waals surface area contributed by atoms with Gasteiger partial charge < -0.3 is 10.2 Å². The highest BCUT2D eigenvalue weighted by Gasteiger charge is 2.29. The van der Waals surface area contributed by atoms with E-state index in [4.69, 9.17) is 11.6 Å². The molecule has 3 rings (SSSR count). The zero-order valence-corrected chi connectivity index (χ0v) is 20.5. The third kappa shape index (κ3) is 7.65. The summed E-state index contributed by atoms with van der Waals surface area (Å²) in [6, 6.07) is 24.9. The average Bonchev–Trinajstić information content (AvgIpc) is 2.82. The second-order valence-electron chi connectivity index (χ2n) is 7.88. The van der Waals surface area contributed by atoms with Crippen LogP contribution >= 0.6 is 23.4 Å². The van der Waals surface area contributed by atoms with Crippen LogP contribution in [0.25, 0.3) is 0 Å². The first-order valence-corrected chi connectivity index (χ1v) is 12.3. The highest BCUT2D eigenvalue weighted by molar-refractivity contribution is 7.99. The van der Waals surface area contributed by atoms with E-state index in [1.807, 2.05) is 79.7 Å². The number of amides is 2.